The van der Waals surface area contributed by atoms with E-state index in [2.05, 4.69) is 5.32 Å². The molecule has 186 valence electrons. The first-order valence-electron chi connectivity index (χ1n) is 11.5. The number of aliphatic hydroxyl groups excluding tert-OH is 1. The highest BCUT2D eigenvalue weighted by molar-refractivity contribution is 6.00. The van der Waals surface area contributed by atoms with Crippen LogP contribution in [-0.4, -0.2) is 54.3 Å². The number of para-hydroxylation sites is 2. The number of methoxy groups -OCH3 is 2. The van der Waals surface area contributed by atoms with Crippen molar-refractivity contribution in [3.05, 3.63) is 90.1 Å². The van der Waals surface area contributed by atoms with Crippen LogP contribution >= 0.6 is 0 Å². The van der Waals surface area contributed by atoms with E-state index >= 15 is 0 Å². The number of amides is 1. The largest absolute Gasteiger partial charge is 0.493 e. The summed E-state index contributed by atoms with van der Waals surface area (Å²) in [5.41, 5.74) is 3.70. The molecule has 0 spiro atoms. The maximum atomic E-state index is 13.2. The molecule has 0 fully saturated rings. The average molecular weight is 488 g/mol. The molecule has 1 unspecified atom stereocenters. The van der Waals surface area contributed by atoms with Crippen molar-refractivity contribution < 1.29 is 24.1 Å². The summed E-state index contributed by atoms with van der Waals surface area (Å²) in [6.07, 6.45) is 0.736. The highest BCUT2D eigenvalue weighted by Crippen LogP contribution is 2.36. The Morgan fingerprint density at radius 3 is 2.36 bits per heavy atom. The number of carbonyl (C=O) groups excluding carboxylic acids is 1. The summed E-state index contributed by atoms with van der Waals surface area (Å²) in [7, 11) is 3.05. The lowest BCUT2D eigenvalue weighted by Gasteiger charge is -2.17. The number of hydrogen-bond acceptors (Lipinski definition) is 6. The number of aromatic nitrogens is 2. The summed E-state index contributed by atoms with van der Waals surface area (Å²) in [6.45, 7) is 1.91. The Labute approximate surface area is 210 Å². The molecule has 2 N–H and O–H groups in total. The molecule has 1 aromatic heterocycles. The van der Waals surface area contributed by atoms with Gasteiger partial charge in [0.2, 0.25) is 5.75 Å². The van der Waals surface area contributed by atoms with Gasteiger partial charge in [0.15, 0.2) is 11.5 Å². The molecular weight excluding hydrogens is 458 g/mol. The molecule has 0 saturated carbocycles. The minimum atomic E-state index is -0.963. The van der Waals surface area contributed by atoms with Crippen molar-refractivity contribution in [3.8, 4) is 34.2 Å². The lowest BCUT2D eigenvalue weighted by atomic mass is 10.1. The molecule has 0 aliphatic rings. The van der Waals surface area contributed by atoms with Gasteiger partial charge in [-0.2, -0.15) is 5.10 Å². The summed E-state index contributed by atoms with van der Waals surface area (Å²) in [4.78, 5) is 13.2. The van der Waals surface area contributed by atoms with Crippen molar-refractivity contribution in [2.45, 2.75) is 13.0 Å². The van der Waals surface area contributed by atoms with E-state index in [4.69, 9.17) is 19.3 Å². The van der Waals surface area contributed by atoms with Crippen LogP contribution in [0.2, 0.25) is 0 Å². The Hall–Kier alpha value is -4.30. The quantitative estimate of drug-likeness (QED) is 0.351. The van der Waals surface area contributed by atoms with E-state index in [1.54, 1.807) is 29.1 Å². The topological polar surface area (TPSA) is 94.8 Å². The maximum absolute atomic E-state index is 13.2. The van der Waals surface area contributed by atoms with Crippen molar-refractivity contribution in [1.29, 1.82) is 0 Å². The number of nitrogens with zero attached hydrogens (tertiary/aromatic N) is 2. The molecule has 0 radical (unpaired) electrons. The third-order valence-corrected chi connectivity index (χ3v) is 5.57. The molecule has 0 saturated heterocycles. The molecule has 1 amide bonds. The zero-order chi connectivity index (χ0) is 25.5. The fourth-order valence-electron chi connectivity index (χ4n) is 3.76. The van der Waals surface area contributed by atoms with Gasteiger partial charge in [-0.1, -0.05) is 48.0 Å². The maximum Gasteiger partial charge on any atom is 0.255 e. The molecule has 0 aliphatic carbocycles. The summed E-state index contributed by atoms with van der Waals surface area (Å²) >= 11 is 0. The number of aliphatic hydroxyl groups is 1. The summed E-state index contributed by atoms with van der Waals surface area (Å²) in [5.74, 6) is 1.02. The zero-order valence-electron chi connectivity index (χ0n) is 20.5. The van der Waals surface area contributed by atoms with Crippen LogP contribution in [0.5, 0.6) is 17.2 Å². The number of carbonyl (C=O) groups is 1. The van der Waals surface area contributed by atoms with Gasteiger partial charge < -0.3 is 24.6 Å². The monoisotopic (exact) mass is 487 g/mol. The van der Waals surface area contributed by atoms with E-state index < -0.39 is 6.10 Å². The number of ether oxygens (including phenoxy) is 3. The summed E-state index contributed by atoms with van der Waals surface area (Å²) in [6, 6.07) is 22.7. The van der Waals surface area contributed by atoms with Crippen LogP contribution in [-0.2, 0) is 0 Å². The molecule has 0 aliphatic heterocycles. The normalized spacial score (nSPS) is 11.6. The van der Waals surface area contributed by atoms with Crippen LogP contribution in [0.3, 0.4) is 0 Å². The second-order valence-corrected chi connectivity index (χ2v) is 8.21. The van der Waals surface area contributed by atoms with Gasteiger partial charge >= 0.3 is 0 Å². The number of rotatable bonds is 10. The van der Waals surface area contributed by atoms with Crippen molar-refractivity contribution in [3.63, 3.8) is 0 Å². The highest BCUT2D eigenvalue weighted by Gasteiger charge is 2.20. The molecule has 36 heavy (non-hydrogen) atoms. The Morgan fingerprint density at radius 1 is 1.00 bits per heavy atom. The number of hydrogen-bond donors (Lipinski definition) is 2. The molecule has 0 bridgehead atoms. The van der Waals surface area contributed by atoms with Crippen LogP contribution in [0, 0.1) is 6.92 Å². The predicted octanol–water partition coefficient (Wildman–Crippen LogP) is 4.03. The highest BCUT2D eigenvalue weighted by atomic mass is 16.5. The SMILES string of the molecule is COc1cccc(OC)c1OCC(O)CNC(=O)c1cn(-c2ccccc2)nc1-c1cccc(C)c1. The fourth-order valence-corrected chi connectivity index (χ4v) is 3.76. The first-order valence-corrected chi connectivity index (χ1v) is 11.5. The van der Waals surface area contributed by atoms with Crippen LogP contribution in [0.4, 0.5) is 0 Å². The Bertz CT molecular complexity index is 1300. The van der Waals surface area contributed by atoms with Gasteiger partial charge in [0.25, 0.3) is 5.91 Å². The number of nitrogens with one attached hydrogen (secondary N) is 1. The predicted molar refractivity (Wildman–Crippen MR) is 137 cm³/mol. The van der Waals surface area contributed by atoms with E-state index in [0.29, 0.717) is 28.5 Å². The third kappa shape index (κ3) is 5.67. The van der Waals surface area contributed by atoms with Gasteiger partial charge in [-0.15, -0.1) is 0 Å². The summed E-state index contributed by atoms with van der Waals surface area (Å²) < 4.78 is 18.1. The van der Waals surface area contributed by atoms with Crippen molar-refractivity contribution in [2.75, 3.05) is 27.4 Å². The van der Waals surface area contributed by atoms with Crippen LogP contribution in [0.15, 0.2) is 79.0 Å². The molecule has 4 aromatic rings. The van der Waals surface area contributed by atoms with Crippen LogP contribution in [0.25, 0.3) is 16.9 Å². The van der Waals surface area contributed by atoms with E-state index in [0.717, 1.165) is 16.8 Å². The van der Waals surface area contributed by atoms with Crippen LogP contribution in [0.1, 0.15) is 15.9 Å². The Morgan fingerprint density at radius 2 is 1.69 bits per heavy atom. The van der Waals surface area contributed by atoms with Crippen molar-refractivity contribution in [1.82, 2.24) is 15.1 Å². The second kappa shape index (κ2) is 11.4. The molecule has 3 aromatic carbocycles. The Balaban J connectivity index is 1.49. The number of benzene rings is 3. The van der Waals surface area contributed by atoms with Gasteiger partial charge in [-0.25, -0.2) is 4.68 Å². The van der Waals surface area contributed by atoms with Crippen molar-refractivity contribution >= 4 is 5.91 Å². The van der Waals surface area contributed by atoms with Crippen molar-refractivity contribution in [2.24, 2.45) is 0 Å². The first kappa shape index (κ1) is 24.8. The van der Waals surface area contributed by atoms with Crippen LogP contribution < -0.4 is 19.5 Å². The first-order chi connectivity index (χ1) is 17.5. The van der Waals surface area contributed by atoms with Gasteiger partial charge in [0.05, 0.1) is 25.5 Å². The lowest BCUT2D eigenvalue weighted by molar-refractivity contribution is 0.0834. The van der Waals surface area contributed by atoms with E-state index in [9.17, 15) is 9.90 Å². The average Bonchev–Trinajstić information content (AvgIpc) is 3.36. The van der Waals surface area contributed by atoms with Gasteiger partial charge in [-0.3, -0.25) is 4.79 Å². The van der Waals surface area contributed by atoms with Gasteiger partial charge in [0, 0.05) is 18.3 Å². The minimum Gasteiger partial charge on any atom is -0.493 e. The van der Waals surface area contributed by atoms with Gasteiger partial charge in [0.1, 0.15) is 18.4 Å². The molecule has 1 atom stereocenters. The molecule has 8 nitrogen and oxygen atoms in total. The molecule has 1 heterocycles. The molecule has 4 rings (SSSR count). The summed E-state index contributed by atoms with van der Waals surface area (Å²) in [5, 5.41) is 18.0. The second-order valence-electron chi connectivity index (χ2n) is 8.21. The van der Waals surface area contributed by atoms with E-state index in [-0.39, 0.29) is 19.1 Å². The zero-order valence-corrected chi connectivity index (χ0v) is 20.5. The Kier molecular flexibility index (Phi) is 7.87. The van der Waals surface area contributed by atoms with E-state index in [1.165, 1.54) is 14.2 Å². The van der Waals surface area contributed by atoms with E-state index in [1.807, 2.05) is 61.5 Å². The smallest absolute Gasteiger partial charge is 0.255 e. The standard InChI is InChI=1S/C28H29N3O5/c1-19-9-7-10-20(15-19)26-23(17-31(30-26)21-11-5-4-6-12-21)28(33)29-16-22(32)18-36-27-24(34-2)13-8-14-25(27)35-3/h4-15,17,22,32H,16,18H2,1-3H3,(H,29,33). The number of aryl methyl sites for hydroxylation is 1. The fraction of sp³-hybridized carbons (Fsp3) is 0.214. The van der Waals surface area contributed by atoms with Gasteiger partial charge in [-0.05, 0) is 37.3 Å². The molecule has 8 heteroatoms. The molecular formula is C28H29N3O5. The third-order valence-electron chi connectivity index (χ3n) is 5.57. The minimum absolute atomic E-state index is 0.0138. The lowest BCUT2D eigenvalue weighted by Crippen LogP contribution is -2.35.